The molecule has 2 atom stereocenters. The van der Waals surface area contributed by atoms with E-state index in [-0.39, 0.29) is 5.41 Å². The lowest BCUT2D eigenvalue weighted by Gasteiger charge is -2.43. The predicted octanol–water partition coefficient (Wildman–Crippen LogP) is 2.29. The van der Waals surface area contributed by atoms with Gasteiger partial charge in [-0.05, 0) is 46.0 Å². The topological polar surface area (TPSA) is 46.3 Å². The van der Waals surface area contributed by atoms with Crippen molar-refractivity contribution in [1.82, 2.24) is 4.90 Å². The molecule has 1 aliphatic heterocycles. The van der Waals surface area contributed by atoms with E-state index >= 15 is 0 Å². The van der Waals surface area contributed by atoms with Crippen LogP contribution in [0.15, 0.2) is 0 Å². The SMILES string of the molecule is CC1CCCC(C)N1C(=O)C1(CN)CCCC1. The number of rotatable bonds is 2. The minimum atomic E-state index is -0.222. The van der Waals surface area contributed by atoms with Crippen molar-refractivity contribution in [2.75, 3.05) is 6.54 Å². The summed E-state index contributed by atoms with van der Waals surface area (Å²) in [6.45, 7) is 4.90. The molecule has 1 aliphatic carbocycles. The van der Waals surface area contributed by atoms with Crippen LogP contribution in [0.5, 0.6) is 0 Å². The maximum Gasteiger partial charge on any atom is 0.230 e. The second-order valence-corrected chi connectivity index (χ2v) is 6.03. The van der Waals surface area contributed by atoms with Crippen LogP contribution in [-0.2, 0) is 4.79 Å². The molecule has 17 heavy (non-hydrogen) atoms. The monoisotopic (exact) mass is 238 g/mol. The molecular weight excluding hydrogens is 212 g/mol. The van der Waals surface area contributed by atoms with Gasteiger partial charge in [0.05, 0.1) is 5.41 Å². The van der Waals surface area contributed by atoms with Crippen LogP contribution in [-0.4, -0.2) is 29.4 Å². The first-order valence-corrected chi connectivity index (χ1v) is 7.13. The summed E-state index contributed by atoms with van der Waals surface area (Å²) in [5, 5.41) is 0. The fourth-order valence-electron chi connectivity index (χ4n) is 3.65. The molecule has 0 aromatic heterocycles. The maximum atomic E-state index is 12.8. The van der Waals surface area contributed by atoms with Crippen LogP contribution in [0, 0.1) is 5.41 Å². The summed E-state index contributed by atoms with van der Waals surface area (Å²) in [6, 6.07) is 0.797. The Bertz CT molecular complexity index is 274. The fraction of sp³-hybridized carbons (Fsp3) is 0.929. The molecule has 0 spiro atoms. The molecule has 2 aliphatic rings. The summed E-state index contributed by atoms with van der Waals surface area (Å²) >= 11 is 0. The zero-order valence-corrected chi connectivity index (χ0v) is 11.2. The van der Waals surface area contributed by atoms with E-state index < -0.39 is 0 Å². The van der Waals surface area contributed by atoms with Crippen molar-refractivity contribution in [3.05, 3.63) is 0 Å². The lowest BCUT2D eigenvalue weighted by Crippen LogP contribution is -2.54. The summed E-state index contributed by atoms with van der Waals surface area (Å²) in [4.78, 5) is 15.0. The normalized spacial score (nSPS) is 32.8. The number of hydrogen-bond acceptors (Lipinski definition) is 2. The van der Waals surface area contributed by atoms with Crippen molar-refractivity contribution >= 4 is 5.91 Å². The lowest BCUT2D eigenvalue weighted by atomic mass is 9.82. The van der Waals surface area contributed by atoms with Gasteiger partial charge in [0.1, 0.15) is 0 Å². The van der Waals surface area contributed by atoms with E-state index in [1.54, 1.807) is 0 Å². The van der Waals surface area contributed by atoms with E-state index in [0.29, 0.717) is 24.5 Å². The van der Waals surface area contributed by atoms with E-state index in [1.165, 1.54) is 19.3 Å². The summed E-state index contributed by atoms with van der Waals surface area (Å²) in [7, 11) is 0. The van der Waals surface area contributed by atoms with Crippen molar-refractivity contribution in [1.29, 1.82) is 0 Å². The highest BCUT2D eigenvalue weighted by molar-refractivity contribution is 5.84. The van der Waals surface area contributed by atoms with E-state index in [1.807, 2.05) is 0 Å². The number of likely N-dealkylation sites (tertiary alicyclic amines) is 1. The molecule has 1 saturated heterocycles. The largest absolute Gasteiger partial charge is 0.337 e. The van der Waals surface area contributed by atoms with Gasteiger partial charge >= 0.3 is 0 Å². The summed E-state index contributed by atoms with van der Waals surface area (Å²) < 4.78 is 0. The molecule has 1 heterocycles. The first kappa shape index (κ1) is 12.9. The summed E-state index contributed by atoms with van der Waals surface area (Å²) in [6.07, 6.45) is 7.88. The predicted molar refractivity (Wildman–Crippen MR) is 69.6 cm³/mol. The zero-order valence-electron chi connectivity index (χ0n) is 11.2. The Morgan fingerprint density at radius 2 is 1.71 bits per heavy atom. The third-order valence-electron chi connectivity index (χ3n) is 4.83. The fourth-order valence-corrected chi connectivity index (χ4v) is 3.65. The molecule has 0 bridgehead atoms. The number of nitrogens with zero attached hydrogens (tertiary/aromatic N) is 1. The molecule has 0 radical (unpaired) electrons. The van der Waals surface area contributed by atoms with Crippen LogP contribution in [0.3, 0.4) is 0 Å². The van der Waals surface area contributed by atoms with Crippen molar-refractivity contribution in [2.45, 2.75) is 70.9 Å². The molecule has 0 aromatic carbocycles. The van der Waals surface area contributed by atoms with Crippen LogP contribution >= 0.6 is 0 Å². The zero-order chi connectivity index (χ0) is 12.5. The Balaban J connectivity index is 2.16. The number of hydrogen-bond donors (Lipinski definition) is 1. The van der Waals surface area contributed by atoms with Crippen LogP contribution in [0.2, 0.25) is 0 Å². The Kier molecular flexibility index (Phi) is 3.76. The quantitative estimate of drug-likeness (QED) is 0.802. The second kappa shape index (κ2) is 4.97. The number of piperidine rings is 1. The van der Waals surface area contributed by atoms with E-state index in [9.17, 15) is 4.79 Å². The van der Waals surface area contributed by atoms with E-state index in [0.717, 1.165) is 25.7 Å². The van der Waals surface area contributed by atoms with E-state index in [4.69, 9.17) is 5.73 Å². The molecule has 2 unspecified atom stereocenters. The summed E-state index contributed by atoms with van der Waals surface area (Å²) in [5.41, 5.74) is 5.70. The van der Waals surface area contributed by atoms with Gasteiger partial charge in [0.15, 0.2) is 0 Å². The van der Waals surface area contributed by atoms with Gasteiger partial charge in [0, 0.05) is 18.6 Å². The molecule has 2 rings (SSSR count). The van der Waals surface area contributed by atoms with Crippen LogP contribution in [0.1, 0.15) is 58.8 Å². The molecule has 2 N–H and O–H groups in total. The van der Waals surface area contributed by atoms with Crippen molar-refractivity contribution < 1.29 is 4.79 Å². The standard InChI is InChI=1S/C14H26N2O/c1-11-6-5-7-12(2)16(11)13(17)14(10-15)8-3-4-9-14/h11-12H,3-10,15H2,1-2H3. The average molecular weight is 238 g/mol. The van der Waals surface area contributed by atoms with Gasteiger partial charge < -0.3 is 10.6 Å². The van der Waals surface area contributed by atoms with Gasteiger partial charge in [-0.25, -0.2) is 0 Å². The van der Waals surface area contributed by atoms with Gasteiger partial charge in [0.2, 0.25) is 5.91 Å². The highest BCUT2D eigenvalue weighted by Crippen LogP contribution is 2.40. The number of nitrogens with two attached hydrogens (primary N) is 1. The van der Waals surface area contributed by atoms with Crippen LogP contribution in [0.4, 0.5) is 0 Å². The van der Waals surface area contributed by atoms with Crippen molar-refractivity contribution in [3.8, 4) is 0 Å². The Morgan fingerprint density at radius 1 is 1.18 bits per heavy atom. The molecule has 0 aromatic rings. The second-order valence-electron chi connectivity index (χ2n) is 6.03. The first-order valence-electron chi connectivity index (χ1n) is 7.13. The van der Waals surface area contributed by atoms with Gasteiger partial charge in [0.25, 0.3) is 0 Å². The molecule has 1 saturated carbocycles. The molecule has 3 nitrogen and oxygen atoms in total. The maximum absolute atomic E-state index is 12.8. The van der Waals surface area contributed by atoms with Crippen LogP contribution < -0.4 is 5.73 Å². The Hall–Kier alpha value is -0.570. The molecule has 3 heteroatoms. The van der Waals surface area contributed by atoms with Gasteiger partial charge in [-0.1, -0.05) is 12.8 Å². The molecule has 98 valence electrons. The molecule has 2 fully saturated rings. The van der Waals surface area contributed by atoms with Gasteiger partial charge in [-0.2, -0.15) is 0 Å². The van der Waals surface area contributed by atoms with Gasteiger partial charge in [-0.3, -0.25) is 4.79 Å². The van der Waals surface area contributed by atoms with Crippen LogP contribution in [0.25, 0.3) is 0 Å². The Labute approximate surface area is 105 Å². The Morgan fingerprint density at radius 3 is 2.18 bits per heavy atom. The van der Waals surface area contributed by atoms with E-state index in [2.05, 4.69) is 18.7 Å². The third-order valence-corrected chi connectivity index (χ3v) is 4.83. The minimum absolute atomic E-state index is 0.222. The highest BCUT2D eigenvalue weighted by atomic mass is 16.2. The molecular formula is C14H26N2O. The number of amides is 1. The lowest BCUT2D eigenvalue weighted by molar-refractivity contribution is -0.147. The van der Waals surface area contributed by atoms with Gasteiger partial charge in [-0.15, -0.1) is 0 Å². The number of carbonyl (C=O) groups is 1. The average Bonchev–Trinajstić information content (AvgIpc) is 2.78. The summed E-state index contributed by atoms with van der Waals surface area (Å²) in [5.74, 6) is 0.345. The third kappa shape index (κ3) is 2.22. The number of carbonyl (C=O) groups excluding carboxylic acids is 1. The smallest absolute Gasteiger partial charge is 0.230 e. The van der Waals surface area contributed by atoms with Crippen molar-refractivity contribution in [3.63, 3.8) is 0 Å². The highest BCUT2D eigenvalue weighted by Gasteiger charge is 2.45. The molecule has 1 amide bonds. The minimum Gasteiger partial charge on any atom is -0.337 e. The van der Waals surface area contributed by atoms with Crippen molar-refractivity contribution in [2.24, 2.45) is 11.1 Å². The first-order chi connectivity index (χ1) is 8.10.